The van der Waals surface area contributed by atoms with Gasteiger partial charge in [-0.05, 0) is 29.6 Å². The molecule has 4 heterocycles. The summed E-state index contributed by atoms with van der Waals surface area (Å²) in [5.41, 5.74) is 2.37. The number of thiophene rings is 1. The molecule has 1 aliphatic rings. The van der Waals surface area contributed by atoms with Gasteiger partial charge in [-0.2, -0.15) is 5.10 Å². The lowest BCUT2D eigenvalue weighted by molar-refractivity contribution is 0.102. The van der Waals surface area contributed by atoms with E-state index in [1.54, 1.807) is 17.4 Å². The first-order valence-corrected chi connectivity index (χ1v) is 10.9. The molecular formula is C22H21N7OS. The van der Waals surface area contributed by atoms with E-state index in [1.807, 2.05) is 29.6 Å². The molecule has 4 aromatic rings. The van der Waals surface area contributed by atoms with Crippen molar-refractivity contribution >= 4 is 34.6 Å². The third kappa shape index (κ3) is 4.26. The summed E-state index contributed by atoms with van der Waals surface area (Å²) in [6.45, 7) is 3.52. The second kappa shape index (κ2) is 8.57. The first-order chi connectivity index (χ1) is 15.3. The summed E-state index contributed by atoms with van der Waals surface area (Å²) in [7, 11) is 0. The summed E-state index contributed by atoms with van der Waals surface area (Å²) in [4.78, 5) is 26.8. The highest BCUT2D eigenvalue weighted by Crippen LogP contribution is 2.24. The first kappa shape index (κ1) is 19.3. The van der Waals surface area contributed by atoms with Crippen LogP contribution in [0.25, 0.3) is 10.6 Å². The van der Waals surface area contributed by atoms with E-state index >= 15 is 0 Å². The van der Waals surface area contributed by atoms with Crippen molar-refractivity contribution in [2.45, 2.75) is 0 Å². The van der Waals surface area contributed by atoms with Crippen LogP contribution in [0.1, 0.15) is 10.5 Å². The van der Waals surface area contributed by atoms with Crippen LogP contribution in [0.15, 0.2) is 66.3 Å². The fourth-order valence-corrected chi connectivity index (χ4v) is 4.29. The molecule has 31 heavy (non-hydrogen) atoms. The number of hydrogen-bond acceptors (Lipinski definition) is 7. The maximum absolute atomic E-state index is 12.6. The topological polar surface area (TPSA) is 90.0 Å². The average Bonchev–Trinajstić information content (AvgIpc) is 3.52. The maximum atomic E-state index is 12.6. The van der Waals surface area contributed by atoms with E-state index in [4.69, 9.17) is 0 Å². The minimum Gasteiger partial charge on any atom is -0.368 e. The number of piperazine rings is 1. The predicted molar refractivity (Wildman–Crippen MR) is 123 cm³/mol. The molecule has 0 radical (unpaired) electrons. The number of nitrogens with zero attached hydrogens (tertiary/aromatic N) is 5. The van der Waals surface area contributed by atoms with Crippen LogP contribution in [0.5, 0.6) is 0 Å². The van der Waals surface area contributed by atoms with Gasteiger partial charge in [-0.3, -0.25) is 9.89 Å². The van der Waals surface area contributed by atoms with Gasteiger partial charge >= 0.3 is 0 Å². The van der Waals surface area contributed by atoms with Gasteiger partial charge in [-0.15, -0.1) is 11.3 Å². The second-order valence-corrected chi connectivity index (χ2v) is 8.12. The Morgan fingerprint density at radius 2 is 1.77 bits per heavy atom. The van der Waals surface area contributed by atoms with Gasteiger partial charge in [0.05, 0.1) is 10.6 Å². The Labute approximate surface area is 183 Å². The zero-order valence-corrected chi connectivity index (χ0v) is 17.5. The Morgan fingerprint density at radius 3 is 2.55 bits per heavy atom. The number of aromatic nitrogens is 4. The zero-order valence-electron chi connectivity index (χ0n) is 16.7. The van der Waals surface area contributed by atoms with Crippen molar-refractivity contribution in [2.24, 2.45) is 0 Å². The molecule has 3 aromatic heterocycles. The lowest BCUT2D eigenvalue weighted by Gasteiger charge is -2.36. The molecule has 9 heteroatoms. The fraction of sp³-hybridized carbons (Fsp3) is 0.182. The number of benzene rings is 1. The maximum Gasteiger partial charge on any atom is 0.277 e. The zero-order chi connectivity index (χ0) is 21.0. The molecule has 0 spiro atoms. The van der Waals surface area contributed by atoms with E-state index in [0.717, 1.165) is 42.6 Å². The molecule has 0 atom stereocenters. The second-order valence-electron chi connectivity index (χ2n) is 7.17. The van der Waals surface area contributed by atoms with E-state index in [1.165, 1.54) is 12.0 Å². The highest BCUT2D eigenvalue weighted by atomic mass is 32.1. The molecule has 1 aromatic carbocycles. The van der Waals surface area contributed by atoms with E-state index < -0.39 is 0 Å². The molecule has 8 nitrogen and oxygen atoms in total. The van der Waals surface area contributed by atoms with Gasteiger partial charge in [0.2, 0.25) is 0 Å². The monoisotopic (exact) mass is 431 g/mol. The largest absolute Gasteiger partial charge is 0.368 e. The summed E-state index contributed by atoms with van der Waals surface area (Å²) >= 11 is 1.59. The van der Waals surface area contributed by atoms with E-state index in [-0.39, 0.29) is 5.91 Å². The van der Waals surface area contributed by atoms with Crippen molar-refractivity contribution in [1.82, 2.24) is 20.2 Å². The number of rotatable bonds is 5. The number of H-pyrrole nitrogens is 1. The number of nitrogens with one attached hydrogen (secondary N) is 2. The standard InChI is InChI=1S/C22H21N7OS/c30-22(18-13-17(26-27-18)19-7-4-12-31-19)25-20-14-21(24-15-23-20)29-10-8-28(9-11-29)16-5-2-1-3-6-16/h1-7,12-15H,8-11H2,(H,26,27)(H,23,24,25,30). The molecule has 1 fully saturated rings. The van der Waals surface area contributed by atoms with Gasteiger partial charge in [0, 0.05) is 37.9 Å². The molecule has 0 aliphatic carbocycles. The molecule has 0 bridgehead atoms. The Hall–Kier alpha value is -3.72. The van der Waals surface area contributed by atoms with Gasteiger partial charge < -0.3 is 15.1 Å². The number of carbonyl (C=O) groups excluding carboxylic acids is 1. The summed E-state index contributed by atoms with van der Waals surface area (Å²) in [5.74, 6) is 0.957. The van der Waals surface area contributed by atoms with Crippen LogP contribution in [0, 0.1) is 0 Å². The Bertz CT molecular complexity index is 1150. The predicted octanol–water partition coefficient (Wildman–Crippen LogP) is 3.51. The normalized spacial score (nSPS) is 13.9. The van der Waals surface area contributed by atoms with Crippen LogP contribution >= 0.6 is 11.3 Å². The van der Waals surface area contributed by atoms with Crippen LogP contribution < -0.4 is 15.1 Å². The fourth-order valence-electron chi connectivity index (χ4n) is 3.60. The average molecular weight is 432 g/mol. The molecule has 2 N–H and O–H groups in total. The Morgan fingerprint density at radius 1 is 0.968 bits per heavy atom. The number of amides is 1. The molecule has 0 saturated carbocycles. The summed E-state index contributed by atoms with van der Waals surface area (Å²) < 4.78 is 0. The van der Waals surface area contributed by atoms with Crippen LogP contribution in [-0.2, 0) is 0 Å². The van der Waals surface area contributed by atoms with Gasteiger partial charge in [-0.1, -0.05) is 24.3 Å². The SMILES string of the molecule is O=C(Nc1cc(N2CCN(c3ccccc3)CC2)ncn1)c1cc(-c2cccs2)[nH]n1. The van der Waals surface area contributed by atoms with Crippen LogP contribution in [0.4, 0.5) is 17.3 Å². The quantitative estimate of drug-likeness (QED) is 0.503. The molecule has 1 amide bonds. The summed E-state index contributed by atoms with van der Waals surface area (Å²) in [6, 6.07) is 17.9. The number of hydrogen-bond donors (Lipinski definition) is 2. The highest BCUT2D eigenvalue weighted by Gasteiger charge is 2.19. The van der Waals surface area contributed by atoms with Crippen LogP contribution in [0.3, 0.4) is 0 Å². The third-order valence-corrected chi connectivity index (χ3v) is 6.12. The molecule has 0 unspecified atom stereocenters. The smallest absolute Gasteiger partial charge is 0.277 e. The minimum absolute atomic E-state index is 0.308. The number of carbonyl (C=O) groups is 1. The van der Waals surface area contributed by atoms with Gasteiger partial charge in [0.1, 0.15) is 18.0 Å². The van der Waals surface area contributed by atoms with Crippen LogP contribution in [-0.4, -0.2) is 52.3 Å². The van der Waals surface area contributed by atoms with Crippen molar-refractivity contribution in [3.63, 3.8) is 0 Å². The Kier molecular flexibility index (Phi) is 5.32. The van der Waals surface area contributed by atoms with Gasteiger partial charge in [0.25, 0.3) is 5.91 Å². The molecule has 156 valence electrons. The molecule has 1 aliphatic heterocycles. The lowest BCUT2D eigenvalue weighted by atomic mass is 10.2. The third-order valence-electron chi connectivity index (χ3n) is 5.22. The van der Waals surface area contributed by atoms with Crippen molar-refractivity contribution in [2.75, 3.05) is 41.3 Å². The summed E-state index contributed by atoms with van der Waals surface area (Å²) in [6.07, 6.45) is 1.48. The first-order valence-electron chi connectivity index (χ1n) is 10.0. The van der Waals surface area contributed by atoms with E-state index in [0.29, 0.717) is 11.5 Å². The van der Waals surface area contributed by atoms with Gasteiger partial charge in [0.15, 0.2) is 5.69 Å². The van der Waals surface area contributed by atoms with Crippen molar-refractivity contribution < 1.29 is 4.79 Å². The number of aromatic amines is 1. The van der Waals surface area contributed by atoms with Gasteiger partial charge in [-0.25, -0.2) is 9.97 Å². The van der Waals surface area contributed by atoms with E-state index in [9.17, 15) is 4.79 Å². The highest BCUT2D eigenvalue weighted by molar-refractivity contribution is 7.13. The molecular weight excluding hydrogens is 410 g/mol. The number of anilines is 3. The van der Waals surface area contributed by atoms with Crippen LogP contribution in [0.2, 0.25) is 0 Å². The number of para-hydroxylation sites is 1. The molecule has 1 saturated heterocycles. The van der Waals surface area contributed by atoms with E-state index in [2.05, 4.69) is 59.5 Å². The van der Waals surface area contributed by atoms with Crippen molar-refractivity contribution in [1.29, 1.82) is 0 Å². The summed E-state index contributed by atoms with van der Waals surface area (Å²) in [5, 5.41) is 11.8. The van der Waals surface area contributed by atoms with Crippen molar-refractivity contribution in [3.8, 4) is 10.6 Å². The van der Waals surface area contributed by atoms with Crippen molar-refractivity contribution in [3.05, 3.63) is 72.0 Å². The Balaban J connectivity index is 1.23. The minimum atomic E-state index is -0.308. The lowest BCUT2D eigenvalue weighted by Crippen LogP contribution is -2.46. The molecule has 5 rings (SSSR count).